The normalized spacial score (nSPS) is 14.1. The molecule has 0 atom stereocenters. The highest BCUT2D eigenvalue weighted by Gasteiger charge is 2.25. The predicted octanol–water partition coefficient (Wildman–Crippen LogP) is 2.24. The first-order valence-corrected chi connectivity index (χ1v) is 6.50. The van der Waals surface area contributed by atoms with E-state index >= 15 is 0 Å². The number of benzene rings is 1. The highest BCUT2D eigenvalue weighted by Crippen LogP contribution is 2.21. The molecule has 6 heteroatoms. The Morgan fingerprint density at radius 1 is 1.37 bits per heavy atom. The number of H-pyrrole nitrogens is 1. The highest BCUT2D eigenvalue weighted by atomic mass is 32.1. The van der Waals surface area contributed by atoms with Crippen molar-refractivity contribution in [2.24, 2.45) is 0 Å². The smallest absolute Gasteiger partial charge is 0.334 e. The average molecular weight is 274 g/mol. The van der Waals surface area contributed by atoms with Gasteiger partial charge in [0.2, 0.25) is 0 Å². The number of carbonyl (C=O) groups is 1. The van der Waals surface area contributed by atoms with E-state index in [0.29, 0.717) is 13.1 Å². The van der Waals surface area contributed by atoms with Crippen LogP contribution in [0.2, 0.25) is 0 Å². The van der Waals surface area contributed by atoms with Gasteiger partial charge in [-0.25, -0.2) is 14.1 Å². The summed E-state index contributed by atoms with van der Waals surface area (Å²) in [6.07, 6.45) is 2.45. The number of hydrogen-bond donors (Lipinski definition) is 2. The minimum atomic E-state index is -0.116. The van der Waals surface area contributed by atoms with E-state index in [1.807, 2.05) is 30.3 Å². The number of nitrogens with one attached hydrogen (secondary N) is 1. The van der Waals surface area contributed by atoms with Gasteiger partial charge in [0.1, 0.15) is 0 Å². The number of nitrogens with zero attached hydrogens (tertiary/aromatic N) is 3. The summed E-state index contributed by atoms with van der Waals surface area (Å²) >= 11 is 4.30. The number of thiol groups is 1. The number of urea groups is 1. The molecule has 1 aromatic carbocycles. The number of fused-ring (bicyclic) bond motifs is 1. The highest BCUT2D eigenvalue weighted by molar-refractivity contribution is 7.82. The van der Waals surface area contributed by atoms with Crippen LogP contribution >= 0.6 is 12.8 Å². The van der Waals surface area contributed by atoms with Crippen LogP contribution in [0.3, 0.4) is 0 Å². The van der Waals surface area contributed by atoms with Crippen LogP contribution in [-0.4, -0.2) is 27.4 Å². The van der Waals surface area contributed by atoms with Crippen molar-refractivity contribution in [1.82, 2.24) is 14.9 Å². The summed E-state index contributed by atoms with van der Waals surface area (Å²) in [5.74, 6) is 0. The van der Waals surface area contributed by atoms with E-state index < -0.39 is 0 Å². The maximum absolute atomic E-state index is 12.4. The van der Waals surface area contributed by atoms with Crippen molar-refractivity contribution in [3.63, 3.8) is 0 Å². The maximum Gasteiger partial charge on any atom is 0.334 e. The molecular formula is C13H14N4OS. The molecule has 1 N–H and O–H groups in total. The van der Waals surface area contributed by atoms with E-state index in [0.717, 1.165) is 23.5 Å². The number of carbonyl (C=O) groups excluding carboxylic acids is 1. The van der Waals surface area contributed by atoms with E-state index in [9.17, 15) is 4.79 Å². The van der Waals surface area contributed by atoms with E-state index in [1.54, 1.807) is 11.2 Å². The number of para-hydroxylation sites is 1. The molecule has 2 aromatic rings. The molecule has 1 aromatic heterocycles. The fourth-order valence-electron chi connectivity index (χ4n) is 2.19. The zero-order valence-corrected chi connectivity index (χ0v) is 11.2. The Morgan fingerprint density at radius 3 is 2.95 bits per heavy atom. The minimum absolute atomic E-state index is 0.116. The lowest BCUT2D eigenvalue weighted by Crippen LogP contribution is -2.41. The fraction of sp³-hybridized carbons (Fsp3) is 0.231. The van der Waals surface area contributed by atoms with E-state index in [2.05, 4.69) is 22.8 Å². The van der Waals surface area contributed by atoms with Gasteiger partial charge in [-0.15, -0.1) is 0 Å². The zero-order chi connectivity index (χ0) is 13.2. The lowest BCUT2D eigenvalue weighted by molar-refractivity contribution is 0.202. The molecule has 0 spiro atoms. The third-order valence-electron chi connectivity index (χ3n) is 3.23. The van der Waals surface area contributed by atoms with E-state index in [4.69, 9.17) is 0 Å². The summed E-state index contributed by atoms with van der Waals surface area (Å²) in [4.78, 5) is 21.4. The van der Waals surface area contributed by atoms with Gasteiger partial charge in [0.25, 0.3) is 0 Å². The summed E-state index contributed by atoms with van der Waals surface area (Å²) in [6, 6.07) is 9.28. The van der Waals surface area contributed by atoms with Gasteiger partial charge in [-0.05, 0) is 12.1 Å². The third-order valence-corrected chi connectivity index (χ3v) is 3.63. The van der Waals surface area contributed by atoms with Crippen LogP contribution in [0.1, 0.15) is 11.4 Å². The Bertz CT molecular complexity index is 583. The van der Waals surface area contributed by atoms with Crippen LogP contribution in [0, 0.1) is 0 Å². The second kappa shape index (κ2) is 4.97. The largest absolute Gasteiger partial charge is 0.347 e. The van der Waals surface area contributed by atoms with Crippen molar-refractivity contribution in [2.75, 3.05) is 10.8 Å². The van der Waals surface area contributed by atoms with Gasteiger partial charge < -0.3 is 9.88 Å². The molecule has 98 valence electrons. The van der Waals surface area contributed by atoms with Gasteiger partial charge in [0.05, 0.1) is 29.9 Å². The van der Waals surface area contributed by atoms with Gasteiger partial charge in [0.15, 0.2) is 0 Å². The number of aromatic amines is 1. The summed E-state index contributed by atoms with van der Waals surface area (Å²) < 4.78 is 1.38. The van der Waals surface area contributed by atoms with Crippen LogP contribution in [0.15, 0.2) is 36.7 Å². The molecule has 0 saturated carbocycles. The van der Waals surface area contributed by atoms with Crippen LogP contribution in [0.25, 0.3) is 0 Å². The van der Waals surface area contributed by atoms with Crippen molar-refractivity contribution >= 4 is 24.5 Å². The first-order valence-electron chi connectivity index (χ1n) is 6.10. The van der Waals surface area contributed by atoms with E-state index in [-0.39, 0.29) is 6.03 Å². The molecule has 1 aliphatic heterocycles. The van der Waals surface area contributed by atoms with Gasteiger partial charge in [-0.1, -0.05) is 31.0 Å². The molecule has 3 rings (SSSR count). The third kappa shape index (κ3) is 2.31. The molecule has 0 radical (unpaired) electrons. The number of amides is 2. The zero-order valence-electron chi connectivity index (χ0n) is 10.3. The molecule has 0 fully saturated rings. The molecule has 0 bridgehead atoms. The lowest BCUT2D eigenvalue weighted by Gasteiger charge is -2.29. The Balaban J connectivity index is 1.75. The number of anilines is 1. The number of rotatable bonds is 1. The van der Waals surface area contributed by atoms with Gasteiger partial charge in [0, 0.05) is 13.0 Å². The molecule has 2 heterocycles. The van der Waals surface area contributed by atoms with Crippen molar-refractivity contribution in [1.29, 1.82) is 0 Å². The number of imidazole rings is 1. The van der Waals surface area contributed by atoms with Crippen LogP contribution in [0.5, 0.6) is 0 Å². The predicted molar refractivity (Wildman–Crippen MR) is 76.0 cm³/mol. The fourth-order valence-corrected chi connectivity index (χ4v) is 2.45. The Kier molecular flexibility index (Phi) is 3.16. The minimum Gasteiger partial charge on any atom is -0.347 e. The first-order chi connectivity index (χ1) is 9.25. The Labute approximate surface area is 116 Å². The van der Waals surface area contributed by atoms with Crippen LogP contribution in [0.4, 0.5) is 10.5 Å². The van der Waals surface area contributed by atoms with Crippen molar-refractivity contribution in [3.8, 4) is 0 Å². The summed E-state index contributed by atoms with van der Waals surface area (Å²) in [5, 5.41) is 0. The Morgan fingerprint density at radius 2 is 2.16 bits per heavy atom. The Hall–Kier alpha value is -1.95. The quantitative estimate of drug-likeness (QED) is 0.784. The van der Waals surface area contributed by atoms with E-state index in [1.165, 1.54) is 4.31 Å². The number of aromatic nitrogens is 2. The topological polar surface area (TPSA) is 52.2 Å². The molecule has 2 amide bonds. The van der Waals surface area contributed by atoms with Gasteiger partial charge in [-0.2, -0.15) is 0 Å². The van der Waals surface area contributed by atoms with Gasteiger partial charge >= 0.3 is 6.03 Å². The molecular weight excluding hydrogens is 260 g/mol. The number of hydrogen-bond acceptors (Lipinski definition) is 3. The molecule has 1 aliphatic rings. The second-order valence-electron chi connectivity index (χ2n) is 4.43. The molecule has 5 nitrogen and oxygen atoms in total. The molecule has 0 unspecified atom stereocenters. The summed E-state index contributed by atoms with van der Waals surface area (Å²) in [7, 11) is 0. The average Bonchev–Trinajstić information content (AvgIpc) is 2.94. The maximum atomic E-state index is 12.4. The summed E-state index contributed by atoms with van der Waals surface area (Å²) in [5.41, 5.74) is 2.83. The second-order valence-corrected chi connectivity index (χ2v) is 4.83. The van der Waals surface area contributed by atoms with Crippen molar-refractivity contribution in [2.45, 2.75) is 13.0 Å². The van der Waals surface area contributed by atoms with Crippen molar-refractivity contribution < 1.29 is 4.79 Å². The van der Waals surface area contributed by atoms with Crippen molar-refractivity contribution in [3.05, 3.63) is 48.0 Å². The standard InChI is InChI=1S/C13H14N4OS/c18-13(17(19)10-4-2-1-3-5-10)16-7-6-11-12(8-16)15-9-14-11/h1-5,9,19H,6-8H2,(H,14,15). The van der Waals surface area contributed by atoms with Crippen LogP contribution in [-0.2, 0) is 13.0 Å². The van der Waals surface area contributed by atoms with Crippen LogP contribution < -0.4 is 4.31 Å². The summed E-state index contributed by atoms with van der Waals surface area (Å²) in [6.45, 7) is 1.22. The lowest BCUT2D eigenvalue weighted by atomic mass is 10.1. The molecule has 0 aliphatic carbocycles. The molecule has 19 heavy (non-hydrogen) atoms. The monoisotopic (exact) mass is 274 g/mol. The van der Waals surface area contributed by atoms with Gasteiger partial charge in [-0.3, -0.25) is 0 Å². The first kappa shape index (κ1) is 12.1. The SMILES string of the molecule is O=C(N1CCc2nc[nH]c2C1)N(S)c1ccccc1. The molecule has 0 saturated heterocycles.